The molecule has 0 atom stereocenters. The highest BCUT2D eigenvalue weighted by Gasteiger charge is 2.05. The predicted octanol–water partition coefficient (Wildman–Crippen LogP) is 3.34. The van der Waals surface area contributed by atoms with Crippen LogP contribution in [-0.2, 0) is 0 Å². The third-order valence-electron chi connectivity index (χ3n) is 2.42. The number of halogens is 1. The number of hydrogen-bond acceptors (Lipinski definition) is 2. The van der Waals surface area contributed by atoms with E-state index < -0.39 is 0 Å². The zero-order valence-corrected chi connectivity index (χ0v) is 11.0. The maximum Gasteiger partial charge on any atom is 0.125 e. The summed E-state index contributed by atoms with van der Waals surface area (Å²) in [4.78, 5) is 0. The predicted molar refractivity (Wildman–Crippen MR) is 69.6 cm³/mol. The van der Waals surface area contributed by atoms with Crippen molar-refractivity contribution in [1.82, 2.24) is 5.32 Å². The van der Waals surface area contributed by atoms with Crippen LogP contribution in [0.3, 0.4) is 0 Å². The van der Waals surface area contributed by atoms with E-state index in [0.717, 1.165) is 48.0 Å². The smallest absolute Gasteiger partial charge is 0.125 e. The molecule has 2 nitrogen and oxygen atoms in total. The van der Waals surface area contributed by atoms with Crippen molar-refractivity contribution in [3.63, 3.8) is 0 Å². The van der Waals surface area contributed by atoms with Crippen LogP contribution in [0.5, 0.6) is 5.75 Å². The summed E-state index contributed by atoms with van der Waals surface area (Å²) in [5.74, 6) is 0.973. The minimum absolute atomic E-state index is 0.746. The molecule has 0 saturated heterocycles. The van der Waals surface area contributed by atoms with Gasteiger partial charge in [-0.15, -0.1) is 0 Å². The molecule has 1 rings (SSSR count). The Hall–Kier alpha value is -0.730. The molecule has 0 saturated carbocycles. The van der Waals surface area contributed by atoms with E-state index >= 15 is 0 Å². The van der Waals surface area contributed by atoms with Crippen LogP contribution in [0.2, 0.25) is 5.02 Å². The van der Waals surface area contributed by atoms with E-state index in [1.165, 1.54) is 0 Å². The zero-order chi connectivity index (χ0) is 12.0. The van der Waals surface area contributed by atoms with Crippen molar-refractivity contribution in [3.8, 4) is 5.75 Å². The SMILES string of the molecule is CCNCCCOc1c(C)cc(Cl)cc1C. The molecule has 1 aromatic rings. The normalized spacial score (nSPS) is 10.5. The molecular weight excluding hydrogens is 222 g/mol. The van der Waals surface area contributed by atoms with Crippen LogP contribution in [0.25, 0.3) is 0 Å². The molecular formula is C13H20ClNO. The lowest BCUT2D eigenvalue weighted by Gasteiger charge is -2.12. The molecule has 90 valence electrons. The van der Waals surface area contributed by atoms with Gasteiger partial charge in [0, 0.05) is 5.02 Å². The van der Waals surface area contributed by atoms with E-state index in [4.69, 9.17) is 16.3 Å². The molecule has 0 aliphatic heterocycles. The topological polar surface area (TPSA) is 21.3 Å². The molecule has 0 fully saturated rings. The Morgan fingerprint density at radius 2 is 1.88 bits per heavy atom. The van der Waals surface area contributed by atoms with E-state index in [9.17, 15) is 0 Å². The summed E-state index contributed by atoms with van der Waals surface area (Å²) in [5.41, 5.74) is 2.21. The van der Waals surface area contributed by atoms with Gasteiger partial charge in [-0.05, 0) is 56.6 Å². The summed E-state index contributed by atoms with van der Waals surface area (Å²) in [6.45, 7) is 8.92. The lowest BCUT2D eigenvalue weighted by molar-refractivity contribution is 0.305. The van der Waals surface area contributed by atoms with Crippen LogP contribution in [-0.4, -0.2) is 19.7 Å². The number of benzene rings is 1. The van der Waals surface area contributed by atoms with Crippen LogP contribution in [0, 0.1) is 13.8 Å². The molecule has 0 aliphatic carbocycles. The standard InChI is InChI=1S/C13H20ClNO/c1-4-15-6-5-7-16-13-10(2)8-12(14)9-11(13)3/h8-9,15H,4-7H2,1-3H3. The van der Waals surface area contributed by atoms with Crippen molar-refractivity contribution >= 4 is 11.6 Å². The van der Waals surface area contributed by atoms with Crippen molar-refractivity contribution in [1.29, 1.82) is 0 Å². The third-order valence-corrected chi connectivity index (χ3v) is 2.64. The van der Waals surface area contributed by atoms with Crippen molar-refractivity contribution in [2.24, 2.45) is 0 Å². The van der Waals surface area contributed by atoms with Crippen LogP contribution in [0.1, 0.15) is 24.5 Å². The van der Waals surface area contributed by atoms with Gasteiger partial charge in [0.15, 0.2) is 0 Å². The Morgan fingerprint density at radius 1 is 1.25 bits per heavy atom. The van der Waals surface area contributed by atoms with Gasteiger partial charge in [0.2, 0.25) is 0 Å². The van der Waals surface area contributed by atoms with Gasteiger partial charge >= 0.3 is 0 Å². The molecule has 0 amide bonds. The number of ether oxygens (including phenoxy) is 1. The van der Waals surface area contributed by atoms with Crippen LogP contribution >= 0.6 is 11.6 Å². The van der Waals surface area contributed by atoms with Gasteiger partial charge < -0.3 is 10.1 Å². The van der Waals surface area contributed by atoms with Crippen molar-refractivity contribution in [3.05, 3.63) is 28.3 Å². The Morgan fingerprint density at radius 3 is 2.44 bits per heavy atom. The van der Waals surface area contributed by atoms with E-state index in [-0.39, 0.29) is 0 Å². The van der Waals surface area contributed by atoms with E-state index in [0.29, 0.717) is 0 Å². The monoisotopic (exact) mass is 241 g/mol. The first-order valence-electron chi connectivity index (χ1n) is 5.75. The fourth-order valence-electron chi connectivity index (χ4n) is 1.67. The van der Waals surface area contributed by atoms with E-state index in [1.54, 1.807) is 0 Å². The first-order valence-corrected chi connectivity index (χ1v) is 6.13. The summed E-state index contributed by atoms with van der Waals surface area (Å²) in [7, 11) is 0. The highest BCUT2D eigenvalue weighted by atomic mass is 35.5. The first-order chi connectivity index (χ1) is 7.65. The van der Waals surface area contributed by atoms with E-state index in [2.05, 4.69) is 12.2 Å². The molecule has 16 heavy (non-hydrogen) atoms. The third kappa shape index (κ3) is 4.03. The largest absolute Gasteiger partial charge is 0.493 e. The maximum absolute atomic E-state index is 5.96. The Bertz CT molecular complexity index is 316. The number of rotatable bonds is 6. The minimum atomic E-state index is 0.746. The second kappa shape index (κ2) is 6.77. The Balaban J connectivity index is 2.47. The van der Waals surface area contributed by atoms with Crippen LogP contribution < -0.4 is 10.1 Å². The van der Waals surface area contributed by atoms with Crippen LogP contribution in [0.15, 0.2) is 12.1 Å². The molecule has 0 aromatic heterocycles. The van der Waals surface area contributed by atoms with E-state index in [1.807, 2.05) is 26.0 Å². The molecule has 0 radical (unpaired) electrons. The van der Waals surface area contributed by atoms with Gasteiger partial charge in [-0.3, -0.25) is 0 Å². The van der Waals surface area contributed by atoms with Crippen molar-refractivity contribution < 1.29 is 4.74 Å². The van der Waals surface area contributed by atoms with Crippen molar-refractivity contribution in [2.75, 3.05) is 19.7 Å². The lowest BCUT2D eigenvalue weighted by Crippen LogP contribution is -2.16. The molecule has 0 spiro atoms. The molecule has 1 N–H and O–H groups in total. The summed E-state index contributed by atoms with van der Waals surface area (Å²) >= 11 is 5.96. The number of aryl methyl sites for hydroxylation is 2. The Kier molecular flexibility index (Phi) is 5.64. The van der Waals surface area contributed by atoms with Gasteiger partial charge in [0.1, 0.15) is 5.75 Å². The van der Waals surface area contributed by atoms with Crippen molar-refractivity contribution in [2.45, 2.75) is 27.2 Å². The summed E-state index contributed by atoms with van der Waals surface area (Å²) < 4.78 is 5.77. The van der Waals surface area contributed by atoms with Gasteiger partial charge in [0.05, 0.1) is 6.61 Å². The molecule has 0 heterocycles. The van der Waals surface area contributed by atoms with Gasteiger partial charge in [-0.1, -0.05) is 18.5 Å². The zero-order valence-electron chi connectivity index (χ0n) is 10.3. The lowest BCUT2D eigenvalue weighted by atomic mass is 10.1. The molecule has 0 bridgehead atoms. The minimum Gasteiger partial charge on any atom is -0.493 e. The van der Waals surface area contributed by atoms with Gasteiger partial charge in [0.25, 0.3) is 0 Å². The first kappa shape index (κ1) is 13.3. The average molecular weight is 242 g/mol. The quantitative estimate of drug-likeness (QED) is 0.772. The molecule has 1 aromatic carbocycles. The second-order valence-corrected chi connectivity index (χ2v) is 4.36. The van der Waals surface area contributed by atoms with Gasteiger partial charge in [-0.2, -0.15) is 0 Å². The summed E-state index contributed by atoms with van der Waals surface area (Å²) in [6, 6.07) is 3.88. The number of hydrogen-bond donors (Lipinski definition) is 1. The average Bonchev–Trinajstić information content (AvgIpc) is 2.20. The maximum atomic E-state index is 5.96. The van der Waals surface area contributed by atoms with Gasteiger partial charge in [-0.25, -0.2) is 0 Å². The molecule has 0 aliphatic rings. The fourth-order valence-corrected chi connectivity index (χ4v) is 2.00. The highest BCUT2D eigenvalue weighted by Crippen LogP contribution is 2.26. The molecule has 0 unspecified atom stereocenters. The Labute approximate surface area is 103 Å². The highest BCUT2D eigenvalue weighted by molar-refractivity contribution is 6.30. The second-order valence-electron chi connectivity index (χ2n) is 3.92. The summed E-state index contributed by atoms with van der Waals surface area (Å²) in [5, 5.41) is 4.04. The van der Waals surface area contributed by atoms with Crippen LogP contribution in [0.4, 0.5) is 0 Å². The summed E-state index contributed by atoms with van der Waals surface area (Å²) in [6.07, 6.45) is 1.02. The molecule has 3 heteroatoms. The number of nitrogens with one attached hydrogen (secondary N) is 1. The fraction of sp³-hybridized carbons (Fsp3) is 0.538.